The van der Waals surface area contributed by atoms with E-state index in [1.807, 2.05) is 0 Å². The Kier molecular flexibility index (Phi) is 33.5. The van der Waals surface area contributed by atoms with Crippen LogP contribution in [-0.4, -0.2) is 165 Å². The normalized spacial score (nSPS) is 25.2. The molecule has 25 heteroatoms. The zero-order valence-corrected chi connectivity index (χ0v) is 49.2. The minimum atomic E-state index is -1.95. The molecule has 16 unspecified atom stereocenters. The van der Waals surface area contributed by atoms with Gasteiger partial charge in [0, 0.05) is 6.42 Å². The molecule has 0 aromatic rings. The van der Waals surface area contributed by atoms with Crippen LogP contribution in [-0.2, 0) is 57.5 Å². The maximum absolute atomic E-state index is 14.8. The molecule has 0 spiro atoms. The minimum Gasteiger partial charge on any atom is -0.481 e. The average Bonchev–Trinajstić information content (AvgIpc) is 3.42. The number of hydrogen-bond acceptors (Lipinski definition) is 15. The highest BCUT2D eigenvalue weighted by atomic mass is 16.5. The van der Waals surface area contributed by atoms with Gasteiger partial charge in [0.1, 0.15) is 60.5 Å². The molecule has 1 saturated heterocycles. The van der Waals surface area contributed by atoms with Gasteiger partial charge >= 0.3 is 11.9 Å². The fourth-order valence-corrected chi connectivity index (χ4v) is 8.69. The van der Waals surface area contributed by atoms with Crippen molar-refractivity contribution in [3.8, 4) is 0 Å². The first-order chi connectivity index (χ1) is 37.7. The number of nitrogens with one attached hydrogen (secondary N) is 9. The minimum absolute atomic E-state index is 0.238. The molecule has 1 rings (SSSR count). The van der Waals surface area contributed by atoms with Crippen molar-refractivity contribution >= 4 is 65.1 Å². The number of carboxylic acid groups (broad SMARTS) is 1. The van der Waals surface area contributed by atoms with Crippen LogP contribution >= 0.6 is 0 Å². The van der Waals surface area contributed by atoms with Crippen molar-refractivity contribution < 1.29 is 77.9 Å². The summed E-state index contributed by atoms with van der Waals surface area (Å²) in [5.41, 5.74) is 0. The zero-order valence-electron chi connectivity index (χ0n) is 49.2. The van der Waals surface area contributed by atoms with Gasteiger partial charge < -0.3 is 73.0 Å². The van der Waals surface area contributed by atoms with E-state index in [1.54, 1.807) is 69.2 Å². The largest absolute Gasteiger partial charge is 0.481 e. The second-order valence-corrected chi connectivity index (χ2v) is 21.6. The van der Waals surface area contributed by atoms with Gasteiger partial charge in [0.05, 0.1) is 25.7 Å². The van der Waals surface area contributed by atoms with E-state index in [0.29, 0.717) is 32.1 Å². The third-order valence-electron chi connectivity index (χ3n) is 15.3. The summed E-state index contributed by atoms with van der Waals surface area (Å²) < 4.78 is 5.85. The Labute approximate surface area is 471 Å². The molecule has 16 atom stereocenters. The number of cyclic esters (lactones) is 1. The zero-order chi connectivity index (χ0) is 61.0. The van der Waals surface area contributed by atoms with Gasteiger partial charge in [-0.3, -0.25) is 47.9 Å². The van der Waals surface area contributed by atoms with Crippen molar-refractivity contribution in [2.24, 2.45) is 29.6 Å². The summed E-state index contributed by atoms with van der Waals surface area (Å²) in [5, 5.41) is 63.9. The maximum atomic E-state index is 14.8. The fraction of sp³-hybridized carbons (Fsp3) is 0.800. The van der Waals surface area contributed by atoms with Gasteiger partial charge in [-0.2, -0.15) is 0 Å². The molecule has 9 amide bonds. The SMILES string of the molecule is CCCCCCCC(O)CC(=O)NC(C(=O)NC(CCC(=O)O)C(=O)NC1C(=O)NC(C(C)CC)C(=O)NC(C(C)CC)C(=O)NC(CO)C(=O)NC(C(C)CC)C(=O)NC(CO)C(=O)NC(C(C)CC)C(=O)OC1C)C(C)CC. The standard InChI is InChI=1S/C55H97N9O16/c1-13-19-20-21-22-23-35(67)26-39(68)59-41(29(7)14-2)50(74)56-36(24-25-40(69)70)47(71)64-46-34(12)80-55(79)45(33(11)18-6)63-49(73)38(28-66)58-51(75)42(30(8)15-3)60-48(72)37(27-65)57-52(76)43(31(9)16-4)61-53(77)44(32(10)17-5)62-54(46)78/h29-38,41-46,65-67H,13-28H2,1-12H3,(H,56,74)(H,57,76)(H,58,75)(H,59,68)(H,60,72)(H,61,77)(H,62,78)(H,63,73)(H,64,71)(H,69,70). The highest BCUT2D eigenvalue weighted by molar-refractivity contribution is 5.99. The van der Waals surface area contributed by atoms with Crippen LogP contribution in [0.5, 0.6) is 0 Å². The van der Waals surface area contributed by atoms with Crippen LogP contribution in [0.25, 0.3) is 0 Å². The monoisotopic (exact) mass is 1140 g/mol. The number of aliphatic hydroxyl groups excluding tert-OH is 3. The predicted octanol–water partition coefficient (Wildman–Crippen LogP) is 0.486. The number of rotatable bonds is 28. The van der Waals surface area contributed by atoms with Crippen LogP contribution in [0.15, 0.2) is 0 Å². The molecular weight excluding hydrogens is 1040 g/mol. The Hall–Kier alpha value is -5.95. The number of carboxylic acids is 1. The summed E-state index contributed by atoms with van der Waals surface area (Å²) in [5.74, 6) is -14.4. The third-order valence-corrected chi connectivity index (χ3v) is 15.3. The molecule has 1 aliphatic rings. The number of aliphatic hydroxyl groups is 3. The van der Waals surface area contributed by atoms with Crippen LogP contribution in [0, 0.1) is 29.6 Å². The lowest BCUT2D eigenvalue weighted by atomic mass is 9.94. The van der Waals surface area contributed by atoms with Gasteiger partial charge in [0.25, 0.3) is 0 Å². The molecule has 1 aliphatic heterocycles. The average molecular weight is 1140 g/mol. The number of ether oxygens (including phenoxy) is 1. The summed E-state index contributed by atoms with van der Waals surface area (Å²) in [6.07, 6.45) is 2.22. The third kappa shape index (κ3) is 23.6. The lowest BCUT2D eigenvalue weighted by Gasteiger charge is -2.33. The lowest BCUT2D eigenvalue weighted by Crippen LogP contribution is -2.64. The van der Waals surface area contributed by atoms with Crippen LogP contribution in [0.3, 0.4) is 0 Å². The molecule has 0 bridgehead atoms. The number of amides is 9. The first-order valence-corrected chi connectivity index (χ1v) is 28.7. The van der Waals surface area contributed by atoms with Crippen molar-refractivity contribution in [3.05, 3.63) is 0 Å². The Bertz CT molecular complexity index is 2050. The first-order valence-electron chi connectivity index (χ1n) is 28.7. The van der Waals surface area contributed by atoms with Crippen LogP contribution < -0.4 is 47.9 Å². The van der Waals surface area contributed by atoms with Crippen molar-refractivity contribution in [3.63, 3.8) is 0 Å². The van der Waals surface area contributed by atoms with E-state index >= 15 is 0 Å². The van der Waals surface area contributed by atoms with E-state index in [0.717, 1.165) is 25.7 Å². The van der Waals surface area contributed by atoms with Crippen molar-refractivity contribution in [2.45, 2.75) is 240 Å². The molecule has 1 fully saturated rings. The first kappa shape index (κ1) is 72.1. The number of carbonyl (C=O) groups is 11. The molecule has 1 heterocycles. The quantitative estimate of drug-likeness (QED) is 0.0374. The highest BCUT2D eigenvalue weighted by Gasteiger charge is 2.41. The number of aliphatic carboxylic acids is 1. The molecule has 0 aromatic carbocycles. The van der Waals surface area contributed by atoms with Crippen LogP contribution in [0.2, 0.25) is 0 Å². The molecule has 0 aromatic heterocycles. The molecule has 458 valence electrons. The van der Waals surface area contributed by atoms with E-state index in [9.17, 15) is 73.2 Å². The van der Waals surface area contributed by atoms with Gasteiger partial charge in [-0.1, -0.05) is 140 Å². The van der Waals surface area contributed by atoms with Crippen molar-refractivity contribution in [1.82, 2.24) is 47.9 Å². The number of hydrogen-bond donors (Lipinski definition) is 13. The summed E-state index contributed by atoms with van der Waals surface area (Å²) in [6, 6.07) is -14.1. The molecule has 0 saturated carbocycles. The van der Waals surface area contributed by atoms with Crippen molar-refractivity contribution in [2.75, 3.05) is 13.2 Å². The summed E-state index contributed by atoms with van der Waals surface area (Å²) in [7, 11) is 0. The molecule has 80 heavy (non-hydrogen) atoms. The Morgan fingerprint density at radius 3 is 1.44 bits per heavy atom. The summed E-state index contributed by atoms with van der Waals surface area (Å²) in [6.45, 7) is 18.0. The topological polar surface area (TPSA) is 386 Å². The van der Waals surface area contributed by atoms with E-state index < -0.39 is 187 Å². The van der Waals surface area contributed by atoms with Gasteiger partial charge in [0.2, 0.25) is 53.2 Å². The van der Waals surface area contributed by atoms with Gasteiger partial charge in [-0.05, 0) is 49.4 Å². The van der Waals surface area contributed by atoms with E-state index in [1.165, 1.54) is 6.92 Å². The fourth-order valence-electron chi connectivity index (χ4n) is 8.69. The molecule has 0 aliphatic carbocycles. The Morgan fingerprint density at radius 2 is 0.988 bits per heavy atom. The number of unbranched alkanes of at least 4 members (excludes halogenated alkanes) is 4. The van der Waals surface area contributed by atoms with Gasteiger partial charge in [-0.25, -0.2) is 4.79 Å². The van der Waals surface area contributed by atoms with E-state index in [-0.39, 0.29) is 19.3 Å². The molecule has 0 radical (unpaired) electrons. The molecule has 25 nitrogen and oxygen atoms in total. The molecular formula is C55H97N9O16. The van der Waals surface area contributed by atoms with E-state index in [4.69, 9.17) is 4.74 Å². The summed E-state index contributed by atoms with van der Waals surface area (Å²) >= 11 is 0. The van der Waals surface area contributed by atoms with Crippen LogP contribution in [0.1, 0.15) is 173 Å². The van der Waals surface area contributed by atoms with Crippen LogP contribution in [0.4, 0.5) is 0 Å². The predicted molar refractivity (Wildman–Crippen MR) is 295 cm³/mol. The van der Waals surface area contributed by atoms with Gasteiger partial charge in [-0.15, -0.1) is 0 Å². The molecule has 13 N–H and O–H groups in total. The second kappa shape index (κ2) is 37.1. The number of esters is 1. The second-order valence-electron chi connectivity index (χ2n) is 21.6. The Balaban J connectivity index is 4.06. The van der Waals surface area contributed by atoms with Crippen molar-refractivity contribution in [1.29, 1.82) is 0 Å². The maximum Gasteiger partial charge on any atom is 0.329 e. The van der Waals surface area contributed by atoms with Gasteiger partial charge in [0.15, 0.2) is 0 Å². The van der Waals surface area contributed by atoms with E-state index in [2.05, 4.69) is 54.8 Å². The number of carbonyl (C=O) groups excluding carboxylic acids is 10. The highest BCUT2D eigenvalue weighted by Crippen LogP contribution is 2.18. The smallest absolute Gasteiger partial charge is 0.329 e. The summed E-state index contributed by atoms with van der Waals surface area (Å²) in [4.78, 5) is 153. The Morgan fingerprint density at radius 1 is 0.550 bits per heavy atom. The lowest BCUT2D eigenvalue weighted by molar-refractivity contribution is -0.158.